The number of ether oxygens (including phenoxy) is 1. The van der Waals surface area contributed by atoms with E-state index >= 15 is 0 Å². The van der Waals surface area contributed by atoms with E-state index in [2.05, 4.69) is 49.6 Å². The predicted octanol–water partition coefficient (Wildman–Crippen LogP) is 5.13. The average molecular weight is 484 g/mol. The lowest BCUT2D eigenvalue weighted by molar-refractivity contribution is 0.0801. The number of anilines is 2. The van der Waals surface area contributed by atoms with Gasteiger partial charge in [0.15, 0.2) is 5.96 Å². The summed E-state index contributed by atoms with van der Waals surface area (Å²) in [5.41, 5.74) is 10.1. The van der Waals surface area contributed by atoms with Crippen LogP contribution in [0.1, 0.15) is 54.7 Å². The lowest BCUT2D eigenvalue weighted by atomic mass is 9.74. The molecule has 0 saturated heterocycles. The molecule has 2 aliphatic rings. The molecule has 3 N–H and O–H groups in total. The van der Waals surface area contributed by atoms with Gasteiger partial charge in [-0.1, -0.05) is 30.3 Å². The average Bonchev–Trinajstić information content (AvgIpc) is 3.15. The van der Waals surface area contributed by atoms with Crippen molar-refractivity contribution < 1.29 is 9.53 Å². The highest BCUT2D eigenvalue weighted by Gasteiger charge is 2.57. The molecule has 186 valence electrons. The summed E-state index contributed by atoms with van der Waals surface area (Å²) in [4.78, 5) is 19.7. The Kier molecular flexibility index (Phi) is 5.86. The highest BCUT2D eigenvalue weighted by Crippen LogP contribution is 2.58. The summed E-state index contributed by atoms with van der Waals surface area (Å²) in [5.74, 6) is 0.756. The Morgan fingerprint density at radius 1 is 0.833 bits per heavy atom. The minimum Gasteiger partial charge on any atom is -0.456 e. The van der Waals surface area contributed by atoms with Crippen LogP contribution < -0.4 is 20.3 Å². The zero-order valence-corrected chi connectivity index (χ0v) is 21.3. The van der Waals surface area contributed by atoms with Crippen LogP contribution in [0.2, 0.25) is 0 Å². The van der Waals surface area contributed by atoms with E-state index < -0.39 is 5.54 Å². The van der Waals surface area contributed by atoms with Crippen molar-refractivity contribution in [3.63, 3.8) is 0 Å². The van der Waals surface area contributed by atoms with Crippen LogP contribution in [0.5, 0.6) is 11.5 Å². The molecule has 1 amide bonds. The molecule has 7 nitrogen and oxygen atoms in total. The van der Waals surface area contributed by atoms with Crippen LogP contribution in [0.25, 0.3) is 0 Å². The van der Waals surface area contributed by atoms with E-state index in [1.54, 1.807) is 0 Å². The minimum absolute atomic E-state index is 0.280. The summed E-state index contributed by atoms with van der Waals surface area (Å²) in [6.45, 7) is 12.0. The lowest BCUT2D eigenvalue weighted by Gasteiger charge is -2.43. The third-order valence-corrected chi connectivity index (χ3v) is 7.51. The van der Waals surface area contributed by atoms with Gasteiger partial charge in [0.25, 0.3) is 5.91 Å². The fraction of sp³-hybridized carbons (Fsp3) is 0.310. The van der Waals surface area contributed by atoms with Gasteiger partial charge in [0.1, 0.15) is 17.0 Å². The molecule has 0 atom stereocenters. The largest absolute Gasteiger partial charge is 0.456 e. The summed E-state index contributed by atoms with van der Waals surface area (Å²) in [7, 11) is 0. The van der Waals surface area contributed by atoms with Crippen molar-refractivity contribution in [2.24, 2.45) is 5.73 Å². The second-order valence-electron chi connectivity index (χ2n) is 9.09. The molecular weight excluding hydrogens is 450 g/mol. The van der Waals surface area contributed by atoms with Crippen LogP contribution >= 0.6 is 0 Å². The fourth-order valence-corrected chi connectivity index (χ4v) is 5.82. The van der Waals surface area contributed by atoms with Crippen molar-refractivity contribution >= 4 is 23.2 Å². The van der Waals surface area contributed by atoms with Gasteiger partial charge >= 0.3 is 0 Å². The Hall–Kier alpha value is -4.00. The van der Waals surface area contributed by atoms with E-state index in [1.807, 2.05) is 48.5 Å². The van der Waals surface area contributed by atoms with Gasteiger partial charge < -0.3 is 20.3 Å². The molecule has 36 heavy (non-hydrogen) atoms. The number of nitrogens with zero attached hydrogens (tertiary/aromatic N) is 3. The summed E-state index contributed by atoms with van der Waals surface area (Å²) in [6.07, 6.45) is 0. The van der Waals surface area contributed by atoms with Crippen LogP contribution in [0.15, 0.2) is 60.7 Å². The van der Waals surface area contributed by atoms with E-state index in [0.717, 1.165) is 54.2 Å². The number of nitrogens with one attached hydrogen (secondary N) is 1. The Balaban J connectivity index is 1.85. The Labute approximate surface area is 212 Å². The van der Waals surface area contributed by atoms with Crippen LogP contribution in [0.4, 0.5) is 11.4 Å². The zero-order valence-electron chi connectivity index (χ0n) is 21.3. The Bertz CT molecular complexity index is 1280. The van der Waals surface area contributed by atoms with Gasteiger partial charge in [-0.3, -0.25) is 15.1 Å². The van der Waals surface area contributed by atoms with E-state index in [4.69, 9.17) is 15.9 Å². The van der Waals surface area contributed by atoms with Gasteiger partial charge in [-0.05, 0) is 45.9 Å². The molecule has 0 radical (unpaired) electrons. The highest BCUT2D eigenvalue weighted by molar-refractivity contribution is 6.11. The normalized spacial score (nSPS) is 14.7. The smallest absolute Gasteiger partial charge is 0.262 e. The van der Waals surface area contributed by atoms with Crippen molar-refractivity contribution in [3.05, 3.63) is 82.9 Å². The van der Waals surface area contributed by atoms with E-state index in [9.17, 15) is 4.79 Å². The van der Waals surface area contributed by atoms with Crippen LogP contribution in [0.3, 0.4) is 0 Å². The monoisotopic (exact) mass is 483 g/mol. The Morgan fingerprint density at radius 3 is 1.81 bits per heavy atom. The maximum absolute atomic E-state index is 13.7. The number of benzene rings is 3. The maximum atomic E-state index is 13.7. The molecule has 5 rings (SSSR count). The van der Waals surface area contributed by atoms with Crippen molar-refractivity contribution in [3.8, 4) is 11.5 Å². The second-order valence-corrected chi connectivity index (χ2v) is 9.09. The molecule has 0 aliphatic carbocycles. The Morgan fingerprint density at radius 2 is 1.33 bits per heavy atom. The number of amides is 1. The molecular formula is C29H33N5O2. The number of carbonyl (C=O) groups excluding carboxylic acids is 1. The molecule has 2 aliphatic heterocycles. The topological polar surface area (TPSA) is 85.9 Å². The van der Waals surface area contributed by atoms with E-state index in [1.165, 1.54) is 4.90 Å². The number of carbonyl (C=O) groups is 1. The maximum Gasteiger partial charge on any atom is 0.262 e. The highest BCUT2D eigenvalue weighted by atomic mass is 16.5. The van der Waals surface area contributed by atoms with Gasteiger partial charge in [0, 0.05) is 71.9 Å². The van der Waals surface area contributed by atoms with Crippen molar-refractivity contribution in [1.82, 2.24) is 4.90 Å². The molecule has 0 saturated carbocycles. The number of guanidine groups is 1. The van der Waals surface area contributed by atoms with E-state index in [-0.39, 0.29) is 11.9 Å². The molecule has 0 aromatic heterocycles. The van der Waals surface area contributed by atoms with Gasteiger partial charge in [-0.15, -0.1) is 0 Å². The number of fused-ring (bicyclic) bond motifs is 6. The molecule has 2 heterocycles. The molecule has 0 unspecified atom stereocenters. The third-order valence-electron chi connectivity index (χ3n) is 7.51. The summed E-state index contributed by atoms with van der Waals surface area (Å²) in [6, 6.07) is 19.8. The molecule has 3 aromatic carbocycles. The number of hydrogen-bond acceptors (Lipinski definition) is 5. The second kappa shape index (κ2) is 8.90. The first-order valence-corrected chi connectivity index (χ1v) is 12.7. The van der Waals surface area contributed by atoms with Gasteiger partial charge in [-0.25, -0.2) is 0 Å². The first-order chi connectivity index (χ1) is 17.4. The van der Waals surface area contributed by atoms with Crippen molar-refractivity contribution in [2.45, 2.75) is 33.2 Å². The SMILES string of the molecule is CCN(CC)c1ccc2c(c1)Oc1cc(N(CC)CC)ccc1C21c2ccccc2C(=O)N1C(=N)N. The van der Waals surface area contributed by atoms with Gasteiger partial charge in [-0.2, -0.15) is 0 Å². The zero-order chi connectivity index (χ0) is 25.6. The van der Waals surface area contributed by atoms with Crippen molar-refractivity contribution in [2.75, 3.05) is 36.0 Å². The molecule has 0 bridgehead atoms. The quantitative estimate of drug-likeness (QED) is 0.375. The minimum atomic E-state index is -1.09. The molecule has 1 spiro atoms. The molecule has 3 aromatic rings. The summed E-state index contributed by atoms with van der Waals surface area (Å²) in [5, 5.41) is 8.51. The third kappa shape index (κ3) is 3.19. The van der Waals surface area contributed by atoms with Crippen LogP contribution in [0, 0.1) is 5.41 Å². The first-order valence-electron chi connectivity index (χ1n) is 12.7. The van der Waals surface area contributed by atoms with Crippen LogP contribution in [-0.4, -0.2) is 42.9 Å². The lowest BCUT2D eigenvalue weighted by Crippen LogP contribution is -2.52. The standard InChI is InChI=1S/C29H33N5O2/c1-5-32(6-2)19-13-15-23-25(17-19)36-26-18-20(33(7-3)8-4)14-16-24(26)29(23)22-12-10-9-11-21(22)27(35)34(29)28(30)31/h9-18H,5-8H2,1-4H3,(H3,30,31). The molecule has 0 fully saturated rings. The molecule has 7 heteroatoms. The van der Waals surface area contributed by atoms with Crippen molar-refractivity contribution in [1.29, 1.82) is 5.41 Å². The number of nitrogens with two attached hydrogens (primary N) is 1. The summed E-state index contributed by atoms with van der Waals surface area (Å²) >= 11 is 0. The van der Waals surface area contributed by atoms with Crippen LogP contribution in [-0.2, 0) is 5.54 Å². The van der Waals surface area contributed by atoms with Gasteiger partial charge in [0.05, 0.1) is 0 Å². The summed E-state index contributed by atoms with van der Waals surface area (Å²) < 4.78 is 6.60. The predicted molar refractivity (Wildman–Crippen MR) is 144 cm³/mol. The van der Waals surface area contributed by atoms with E-state index in [0.29, 0.717) is 17.1 Å². The number of rotatable bonds is 6. The van der Waals surface area contributed by atoms with Gasteiger partial charge in [0.2, 0.25) is 0 Å². The number of hydrogen-bond donors (Lipinski definition) is 2. The fourth-order valence-electron chi connectivity index (χ4n) is 5.82. The first kappa shape index (κ1) is 23.7.